The number of ether oxygens (including phenoxy) is 2. The minimum Gasteiger partial charge on any atom is -0.493 e. The Kier molecular flexibility index (Phi) is 6.81. The third-order valence-electron chi connectivity index (χ3n) is 4.83. The lowest BCUT2D eigenvalue weighted by molar-refractivity contribution is -0.141. The second-order valence-electron chi connectivity index (χ2n) is 8.97. The van der Waals surface area contributed by atoms with E-state index in [2.05, 4.69) is 36.1 Å². The van der Waals surface area contributed by atoms with Crippen LogP contribution in [0.1, 0.15) is 48.2 Å². The van der Waals surface area contributed by atoms with Crippen molar-refractivity contribution >= 4 is 40.4 Å². The fourth-order valence-corrected chi connectivity index (χ4v) is 4.01. The smallest absolute Gasteiger partial charge is 0.436 e. The zero-order chi connectivity index (χ0) is 26.1. The van der Waals surface area contributed by atoms with Gasteiger partial charge in [-0.2, -0.15) is 18.2 Å². The largest absolute Gasteiger partial charge is 0.493 e. The van der Waals surface area contributed by atoms with Crippen molar-refractivity contribution in [1.29, 1.82) is 0 Å². The van der Waals surface area contributed by atoms with Gasteiger partial charge in [0.05, 0.1) is 25.6 Å². The van der Waals surface area contributed by atoms with Crippen LogP contribution in [0.25, 0.3) is 17.1 Å². The lowest BCUT2D eigenvalue weighted by Crippen LogP contribution is -2.17. The predicted octanol–water partition coefficient (Wildman–Crippen LogP) is 6.26. The standard InChI is InChI=1S/C24H23F3N4O4S/c1-23(2,3)13-35-19-14(6-5-7-17(19)33-4)8-9-15-12-36-22-28-10-16(31(15)22)20(32)30-21-29-18(11-34-21)24(25,26)27/h5-12H,13H2,1-4H3,(H,29,30,32)/b9-8+. The quantitative estimate of drug-likeness (QED) is 0.309. The molecule has 0 aliphatic heterocycles. The normalized spacial score (nSPS) is 12.4. The summed E-state index contributed by atoms with van der Waals surface area (Å²) in [5, 5.41) is 4.05. The number of halogens is 3. The minimum absolute atomic E-state index is 0.0653. The summed E-state index contributed by atoms with van der Waals surface area (Å²) in [4.78, 5) is 20.8. The first-order valence-electron chi connectivity index (χ1n) is 10.7. The molecule has 0 fully saturated rings. The molecule has 0 saturated carbocycles. The van der Waals surface area contributed by atoms with Crippen molar-refractivity contribution in [3.05, 3.63) is 58.7 Å². The fourth-order valence-electron chi connectivity index (χ4n) is 3.17. The molecule has 0 radical (unpaired) electrons. The number of nitrogens with zero attached hydrogens (tertiary/aromatic N) is 3. The molecule has 12 heteroatoms. The molecule has 0 aliphatic carbocycles. The third kappa shape index (κ3) is 5.54. The van der Waals surface area contributed by atoms with E-state index in [-0.39, 0.29) is 11.1 Å². The molecule has 3 aromatic heterocycles. The number of nitrogens with one attached hydrogen (secondary N) is 1. The Balaban J connectivity index is 1.61. The van der Waals surface area contributed by atoms with Crippen LogP contribution in [-0.2, 0) is 6.18 Å². The van der Waals surface area contributed by atoms with Crippen LogP contribution in [0.2, 0.25) is 0 Å². The molecule has 1 amide bonds. The second kappa shape index (κ2) is 9.69. The predicted molar refractivity (Wildman–Crippen MR) is 129 cm³/mol. The number of alkyl halides is 3. The Hall–Kier alpha value is -3.80. The van der Waals surface area contributed by atoms with E-state index in [4.69, 9.17) is 13.9 Å². The van der Waals surface area contributed by atoms with Crippen molar-refractivity contribution in [2.45, 2.75) is 26.9 Å². The number of oxazole rings is 1. The van der Waals surface area contributed by atoms with E-state index >= 15 is 0 Å². The highest BCUT2D eigenvalue weighted by molar-refractivity contribution is 7.15. The van der Waals surface area contributed by atoms with Crippen molar-refractivity contribution in [3.8, 4) is 11.5 Å². The van der Waals surface area contributed by atoms with Gasteiger partial charge in [0.25, 0.3) is 5.91 Å². The number of amides is 1. The second-order valence-corrected chi connectivity index (χ2v) is 9.81. The Morgan fingerprint density at radius 1 is 1.25 bits per heavy atom. The molecule has 0 atom stereocenters. The molecular formula is C24H23F3N4O4S. The zero-order valence-electron chi connectivity index (χ0n) is 19.8. The van der Waals surface area contributed by atoms with Gasteiger partial charge in [-0.15, -0.1) is 11.3 Å². The number of carbonyl (C=O) groups is 1. The van der Waals surface area contributed by atoms with E-state index in [1.165, 1.54) is 17.5 Å². The van der Waals surface area contributed by atoms with E-state index in [0.29, 0.717) is 35.0 Å². The highest BCUT2D eigenvalue weighted by atomic mass is 32.1. The Morgan fingerprint density at radius 2 is 2.03 bits per heavy atom. The SMILES string of the molecule is COc1cccc(/C=C/c2csc3ncc(C(=O)Nc4nc(C(F)(F)F)co4)n23)c1OCC(C)(C)C. The van der Waals surface area contributed by atoms with Crippen LogP contribution in [0.3, 0.4) is 0 Å². The number of para-hydroxylation sites is 1. The van der Waals surface area contributed by atoms with Gasteiger partial charge in [0.2, 0.25) is 0 Å². The topological polar surface area (TPSA) is 90.9 Å². The Bertz CT molecular complexity index is 1410. The number of carbonyl (C=O) groups excluding carboxylic acids is 1. The fraction of sp³-hybridized carbons (Fsp3) is 0.292. The van der Waals surface area contributed by atoms with Crippen molar-refractivity contribution in [1.82, 2.24) is 14.4 Å². The number of hydrogen-bond acceptors (Lipinski definition) is 7. The molecular weight excluding hydrogens is 497 g/mol. The third-order valence-corrected chi connectivity index (χ3v) is 5.69. The van der Waals surface area contributed by atoms with E-state index in [1.54, 1.807) is 23.0 Å². The van der Waals surface area contributed by atoms with Crippen LogP contribution < -0.4 is 14.8 Å². The summed E-state index contributed by atoms with van der Waals surface area (Å²) in [6, 6.07) is 4.96. The average Bonchev–Trinajstić information content (AvgIpc) is 3.52. The van der Waals surface area contributed by atoms with Crippen LogP contribution in [0.15, 0.2) is 40.5 Å². The van der Waals surface area contributed by atoms with Gasteiger partial charge < -0.3 is 13.9 Å². The van der Waals surface area contributed by atoms with Gasteiger partial charge in [-0.1, -0.05) is 32.9 Å². The highest BCUT2D eigenvalue weighted by Crippen LogP contribution is 2.34. The number of benzene rings is 1. The monoisotopic (exact) mass is 520 g/mol. The maximum absolute atomic E-state index is 12.8. The summed E-state index contributed by atoms with van der Waals surface area (Å²) in [6.45, 7) is 6.66. The maximum atomic E-state index is 12.8. The maximum Gasteiger partial charge on any atom is 0.436 e. The molecule has 4 rings (SSSR count). The van der Waals surface area contributed by atoms with Crippen molar-refractivity contribution in [2.24, 2.45) is 5.41 Å². The van der Waals surface area contributed by atoms with Crippen molar-refractivity contribution in [3.63, 3.8) is 0 Å². The molecule has 0 unspecified atom stereocenters. The van der Waals surface area contributed by atoms with Gasteiger partial charge in [0, 0.05) is 10.9 Å². The molecule has 1 aromatic carbocycles. The first-order valence-corrected chi connectivity index (χ1v) is 11.6. The number of anilines is 1. The summed E-state index contributed by atoms with van der Waals surface area (Å²) in [5.41, 5.74) is 0.198. The lowest BCUT2D eigenvalue weighted by atomic mass is 9.98. The van der Waals surface area contributed by atoms with E-state index in [9.17, 15) is 18.0 Å². The summed E-state index contributed by atoms with van der Waals surface area (Å²) < 4.78 is 56.2. The van der Waals surface area contributed by atoms with Crippen LogP contribution >= 0.6 is 11.3 Å². The average molecular weight is 521 g/mol. The van der Waals surface area contributed by atoms with Crippen molar-refractivity contribution < 1.29 is 31.9 Å². The van der Waals surface area contributed by atoms with Gasteiger partial charge in [-0.05, 0) is 23.6 Å². The molecule has 36 heavy (non-hydrogen) atoms. The molecule has 0 bridgehead atoms. The molecule has 190 valence electrons. The zero-order valence-corrected chi connectivity index (χ0v) is 20.7. The number of rotatable bonds is 7. The van der Waals surface area contributed by atoms with Crippen LogP contribution in [0.4, 0.5) is 19.2 Å². The lowest BCUT2D eigenvalue weighted by Gasteiger charge is -2.21. The van der Waals surface area contributed by atoms with E-state index in [1.807, 2.05) is 24.3 Å². The van der Waals surface area contributed by atoms with Gasteiger partial charge in [0.1, 0.15) is 12.0 Å². The first kappa shape index (κ1) is 25.3. The van der Waals surface area contributed by atoms with Crippen LogP contribution in [-0.4, -0.2) is 34.0 Å². The summed E-state index contributed by atoms with van der Waals surface area (Å²) in [7, 11) is 1.57. The number of imidazole rings is 1. The van der Waals surface area contributed by atoms with Gasteiger partial charge in [-0.25, -0.2) is 4.98 Å². The van der Waals surface area contributed by atoms with Crippen molar-refractivity contribution in [2.75, 3.05) is 19.0 Å². The molecule has 3 heterocycles. The Labute approximate surface area is 208 Å². The number of hydrogen-bond donors (Lipinski definition) is 1. The first-order chi connectivity index (χ1) is 17.0. The molecule has 1 N–H and O–H groups in total. The number of methoxy groups -OCH3 is 1. The van der Waals surface area contributed by atoms with Crippen LogP contribution in [0, 0.1) is 5.41 Å². The van der Waals surface area contributed by atoms with E-state index < -0.39 is 23.8 Å². The Morgan fingerprint density at radius 3 is 2.69 bits per heavy atom. The number of aromatic nitrogens is 3. The minimum atomic E-state index is -4.68. The summed E-state index contributed by atoms with van der Waals surface area (Å²) in [6.07, 6.45) is 0.696. The molecule has 0 saturated heterocycles. The van der Waals surface area contributed by atoms with Gasteiger partial charge in [-0.3, -0.25) is 14.5 Å². The molecule has 4 aromatic rings. The summed E-state index contributed by atoms with van der Waals surface area (Å²) >= 11 is 1.30. The number of thiazole rings is 1. The van der Waals surface area contributed by atoms with Crippen LogP contribution in [0.5, 0.6) is 11.5 Å². The highest BCUT2D eigenvalue weighted by Gasteiger charge is 2.35. The molecule has 0 aliphatic rings. The van der Waals surface area contributed by atoms with Gasteiger partial charge >= 0.3 is 12.2 Å². The summed E-state index contributed by atoms with van der Waals surface area (Å²) in [5.74, 6) is 0.455. The molecule has 8 nitrogen and oxygen atoms in total. The van der Waals surface area contributed by atoms with E-state index in [0.717, 1.165) is 5.56 Å². The number of fused-ring (bicyclic) bond motifs is 1. The van der Waals surface area contributed by atoms with Gasteiger partial charge in [0.15, 0.2) is 22.2 Å². The molecule has 0 spiro atoms.